The normalized spacial score (nSPS) is 12.6. The number of aryl methyl sites for hydroxylation is 1. The Bertz CT molecular complexity index is 884. The predicted octanol–water partition coefficient (Wildman–Crippen LogP) is 3.71. The lowest BCUT2D eigenvalue weighted by Crippen LogP contribution is -2.39. The average molecular weight is 402 g/mol. The number of benzene rings is 2. The molecule has 2 aromatic rings. The third kappa shape index (κ3) is 5.19. The molecule has 0 aliphatic heterocycles. The summed E-state index contributed by atoms with van der Waals surface area (Å²) in [7, 11) is -3.93. The summed E-state index contributed by atoms with van der Waals surface area (Å²) in [6, 6.07) is 10.3. The predicted molar refractivity (Wildman–Crippen MR) is 97.2 cm³/mol. The van der Waals surface area contributed by atoms with Crippen molar-refractivity contribution in [2.24, 2.45) is 0 Å². The molecule has 0 aliphatic carbocycles. The molecule has 0 amide bonds. The summed E-state index contributed by atoms with van der Waals surface area (Å²) in [6.07, 6.45) is 0. The van der Waals surface area contributed by atoms with Gasteiger partial charge in [0, 0.05) is 0 Å². The number of ether oxygens (including phenoxy) is 1. The molecule has 0 bridgehead atoms. The van der Waals surface area contributed by atoms with Gasteiger partial charge in [-0.25, -0.2) is 8.42 Å². The lowest BCUT2D eigenvalue weighted by atomic mass is 10.1. The lowest BCUT2D eigenvalue weighted by molar-refractivity contribution is -0.146. The fraction of sp³-hybridized carbons (Fsp3) is 0.235. The van der Waals surface area contributed by atoms with E-state index in [1.165, 1.54) is 25.1 Å². The lowest BCUT2D eigenvalue weighted by Gasteiger charge is -2.14. The van der Waals surface area contributed by atoms with Crippen molar-refractivity contribution in [1.82, 2.24) is 4.72 Å². The molecule has 0 spiro atoms. The van der Waals surface area contributed by atoms with Crippen LogP contribution in [0.1, 0.15) is 18.1 Å². The van der Waals surface area contributed by atoms with Crippen LogP contribution in [0, 0.1) is 6.92 Å². The summed E-state index contributed by atoms with van der Waals surface area (Å²) < 4.78 is 32.1. The Labute approximate surface area is 157 Å². The third-order valence-electron chi connectivity index (χ3n) is 3.52. The van der Waals surface area contributed by atoms with Crippen molar-refractivity contribution in [3.63, 3.8) is 0 Å². The van der Waals surface area contributed by atoms with E-state index in [-0.39, 0.29) is 21.5 Å². The van der Waals surface area contributed by atoms with Crippen LogP contribution in [0.2, 0.25) is 10.0 Å². The molecule has 5 nitrogen and oxygen atoms in total. The Morgan fingerprint density at radius 2 is 1.84 bits per heavy atom. The van der Waals surface area contributed by atoms with E-state index in [0.717, 1.165) is 11.1 Å². The number of sulfonamides is 1. The van der Waals surface area contributed by atoms with Crippen molar-refractivity contribution in [1.29, 1.82) is 0 Å². The van der Waals surface area contributed by atoms with Crippen LogP contribution in [-0.2, 0) is 26.2 Å². The van der Waals surface area contributed by atoms with Crippen LogP contribution in [0.4, 0.5) is 0 Å². The first kappa shape index (κ1) is 19.7. The van der Waals surface area contributed by atoms with Gasteiger partial charge in [-0.15, -0.1) is 0 Å². The molecule has 0 aliphatic rings. The van der Waals surface area contributed by atoms with Gasteiger partial charge in [-0.1, -0.05) is 47.5 Å². The van der Waals surface area contributed by atoms with Crippen LogP contribution < -0.4 is 4.72 Å². The molecule has 0 unspecified atom stereocenters. The number of esters is 1. The summed E-state index contributed by atoms with van der Waals surface area (Å²) in [5.74, 6) is -0.674. The van der Waals surface area contributed by atoms with E-state index >= 15 is 0 Å². The highest BCUT2D eigenvalue weighted by Gasteiger charge is 2.23. The maximum atomic E-state index is 12.3. The molecule has 25 heavy (non-hydrogen) atoms. The zero-order chi connectivity index (χ0) is 18.6. The number of hydrogen-bond acceptors (Lipinski definition) is 4. The van der Waals surface area contributed by atoms with E-state index in [9.17, 15) is 13.2 Å². The van der Waals surface area contributed by atoms with E-state index in [1.807, 2.05) is 31.2 Å². The molecular weight excluding hydrogens is 385 g/mol. The SMILES string of the molecule is Cc1ccccc1COC(=O)[C@H](C)NS(=O)(=O)c1ccc(Cl)c(Cl)c1. The van der Waals surface area contributed by atoms with E-state index in [2.05, 4.69) is 4.72 Å². The van der Waals surface area contributed by atoms with Crippen LogP contribution in [0.25, 0.3) is 0 Å². The van der Waals surface area contributed by atoms with Gasteiger partial charge in [0.2, 0.25) is 10.0 Å². The van der Waals surface area contributed by atoms with Crippen molar-refractivity contribution in [3.05, 3.63) is 63.6 Å². The van der Waals surface area contributed by atoms with Crippen molar-refractivity contribution in [3.8, 4) is 0 Å². The monoisotopic (exact) mass is 401 g/mol. The van der Waals surface area contributed by atoms with Gasteiger partial charge >= 0.3 is 5.97 Å². The number of carbonyl (C=O) groups excluding carboxylic acids is 1. The van der Waals surface area contributed by atoms with Crippen molar-refractivity contribution < 1.29 is 17.9 Å². The molecule has 0 saturated heterocycles. The standard InChI is InChI=1S/C17H17Cl2NO4S/c1-11-5-3-4-6-13(11)10-24-17(21)12(2)20-25(22,23)14-7-8-15(18)16(19)9-14/h3-9,12,20H,10H2,1-2H3/t12-/m0/s1. The largest absolute Gasteiger partial charge is 0.460 e. The number of nitrogens with one attached hydrogen (secondary N) is 1. The molecule has 1 atom stereocenters. The topological polar surface area (TPSA) is 72.5 Å². The molecule has 2 rings (SSSR count). The first-order valence-corrected chi connectivity index (χ1v) is 9.63. The van der Waals surface area contributed by atoms with Crippen LogP contribution in [-0.4, -0.2) is 20.4 Å². The van der Waals surface area contributed by atoms with E-state index in [0.29, 0.717) is 0 Å². The van der Waals surface area contributed by atoms with E-state index in [4.69, 9.17) is 27.9 Å². The summed E-state index contributed by atoms with van der Waals surface area (Å²) in [6.45, 7) is 3.39. The van der Waals surface area contributed by atoms with Crippen LogP contribution >= 0.6 is 23.2 Å². The Morgan fingerprint density at radius 1 is 1.16 bits per heavy atom. The molecule has 0 aromatic heterocycles. The molecule has 134 valence electrons. The fourth-order valence-electron chi connectivity index (χ4n) is 2.04. The summed E-state index contributed by atoms with van der Waals surface area (Å²) in [4.78, 5) is 12.0. The quantitative estimate of drug-likeness (QED) is 0.748. The van der Waals surface area contributed by atoms with E-state index in [1.54, 1.807) is 0 Å². The number of halogens is 2. The molecule has 0 fully saturated rings. The zero-order valence-electron chi connectivity index (χ0n) is 13.6. The Hall–Kier alpha value is -1.60. The van der Waals surface area contributed by atoms with Crippen molar-refractivity contribution >= 4 is 39.2 Å². The second kappa shape index (κ2) is 8.19. The Balaban J connectivity index is 2.02. The van der Waals surface area contributed by atoms with Gasteiger partial charge in [-0.05, 0) is 43.2 Å². The van der Waals surface area contributed by atoms with Gasteiger partial charge < -0.3 is 4.74 Å². The zero-order valence-corrected chi connectivity index (χ0v) is 16.0. The smallest absolute Gasteiger partial charge is 0.324 e. The van der Waals surface area contributed by atoms with Crippen LogP contribution in [0.3, 0.4) is 0 Å². The number of rotatable bonds is 6. The second-order valence-corrected chi connectivity index (χ2v) is 7.98. The molecular formula is C17H17Cl2NO4S. The van der Waals surface area contributed by atoms with Crippen LogP contribution in [0.5, 0.6) is 0 Å². The maximum Gasteiger partial charge on any atom is 0.324 e. The second-order valence-electron chi connectivity index (χ2n) is 5.45. The van der Waals surface area contributed by atoms with Gasteiger partial charge in [0.1, 0.15) is 12.6 Å². The number of carbonyl (C=O) groups is 1. The highest BCUT2D eigenvalue weighted by Crippen LogP contribution is 2.24. The van der Waals surface area contributed by atoms with Crippen molar-refractivity contribution in [2.75, 3.05) is 0 Å². The highest BCUT2D eigenvalue weighted by molar-refractivity contribution is 7.89. The van der Waals surface area contributed by atoms with Gasteiger partial charge in [-0.3, -0.25) is 4.79 Å². The maximum absolute atomic E-state index is 12.3. The molecule has 0 saturated carbocycles. The van der Waals surface area contributed by atoms with Gasteiger partial charge in [0.25, 0.3) is 0 Å². The van der Waals surface area contributed by atoms with E-state index < -0.39 is 22.0 Å². The van der Waals surface area contributed by atoms with Gasteiger partial charge in [0.15, 0.2) is 0 Å². The first-order valence-electron chi connectivity index (χ1n) is 7.39. The molecule has 0 radical (unpaired) electrons. The molecule has 0 heterocycles. The van der Waals surface area contributed by atoms with Gasteiger partial charge in [-0.2, -0.15) is 4.72 Å². The highest BCUT2D eigenvalue weighted by atomic mass is 35.5. The third-order valence-corrected chi connectivity index (χ3v) is 5.80. The molecule has 1 N–H and O–H groups in total. The summed E-state index contributed by atoms with van der Waals surface area (Å²) in [5, 5.41) is 0.352. The van der Waals surface area contributed by atoms with Crippen molar-refractivity contribution in [2.45, 2.75) is 31.4 Å². The minimum Gasteiger partial charge on any atom is -0.460 e. The average Bonchev–Trinajstić information content (AvgIpc) is 2.55. The Morgan fingerprint density at radius 3 is 2.48 bits per heavy atom. The number of hydrogen-bond donors (Lipinski definition) is 1. The van der Waals surface area contributed by atoms with Gasteiger partial charge in [0.05, 0.1) is 14.9 Å². The Kier molecular flexibility index (Phi) is 6.46. The fourth-order valence-corrected chi connectivity index (χ4v) is 3.62. The molecule has 2 aromatic carbocycles. The van der Waals surface area contributed by atoms with Crippen LogP contribution in [0.15, 0.2) is 47.4 Å². The minimum atomic E-state index is -3.93. The summed E-state index contributed by atoms with van der Waals surface area (Å²) in [5.41, 5.74) is 1.84. The summed E-state index contributed by atoms with van der Waals surface area (Å²) >= 11 is 11.6. The first-order chi connectivity index (χ1) is 11.7. The molecule has 8 heteroatoms. The minimum absolute atomic E-state index is 0.0738.